The Morgan fingerprint density at radius 3 is 2.77 bits per heavy atom. The minimum atomic E-state index is 0.0972. The quantitative estimate of drug-likeness (QED) is 0.769. The summed E-state index contributed by atoms with van der Waals surface area (Å²) in [5.74, 6) is 0.727. The zero-order valence-corrected chi connectivity index (χ0v) is 8.33. The molecule has 0 aromatic carbocycles. The molecule has 2 rings (SSSR count). The van der Waals surface area contributed by atoms with Crippen LogP contribution in [-0.2, 0) is 6.54 Å². The normalized spacial score (nSPS) is 19.0. The Hall–Kier alpha value is -0.830. The highest BCUT2D eigenvalue weighted by atomic mass is 15.3. The van der Waals surface area contributed by atoms with Crippen LogP contribution in [0, 0.1) is 0 Å². The molecule has 0 radical (unpaired) electrons. The highest BCUT2D eigenvalue weighted by Gasteiger charge is 2.27. The number of hydrogen-bond acceptors (Lipinski definition) is 2. The van der Waals surface area contributed by atoms with Crippen LogP contribution >= 0.6 is 0 Å². The fourth-order valence-corrected chi connectivity index (χ4v) is 1.65. The molecule has 1 heterocycles. The Morgan fingerprint density at radius 2 is 2.38 bits per heavy atom. The van der Waals surface area contributed by atoms with Crippen LogP contribution < -0.4 is 5.73 Å². The van der Waals surface area contributed by atoms with Gasteiger partial charge in [0, 0.05) is 18.5 Å². The fourth-order valence-electron chi connectivity index (χ4n) is 1.65. The Morgan fingerprint density at radius 1 is 1.69 bits per heavy atom. The maximum absolute atomic E-state index is 5.86. The Bertz CT molecular complexity index is 297. The molecule has 72 valence electrons. The molecule has 0 amide bonds. The molecular weight excluding hydrogens is 162 g/mol. The second-order valence-corrected chi connectivity index (χ2v) is 3.87. The third-order valence-electron chi connectivity index (χ3n) is 2.59. The van der Waals surface area contributed by atoms with Gasteiger partial charge in [-0.25, -0.2) is 0 Å². The van der Waals surface area contributed by atoms with Crippen LogP contribution in [0.25, 0.3) is 0 Å². The standard InChI is InChI=1S/C10H17N3/c1-3-13-10(7(2)11)6-9(12-13)8-4-5-8/h6-8H,3-5,11H2,1-2H3/t7-/m0/s1. The summed E-state index contributed by atoms with van der Waals surface area (Å²) in [6.07, 6.45) is 2.61. The number of rotatable bonds is 3. The van der Waals surface area contributed by atoms with Crippen LogP contribution in [0.2, 0.25) is 0 Å². The van der Waals surface area contributed by atoms with E-state index in [-0.39, 0.29) is 6.04 Å². The molecule has 3 heteroatoms. The van der Waals surface area contributed by atoms with Gasteiger partial charge in [0.2, 0.25) is 0 Å². The summed E-state index contributed by atoms with van der Waals surface area (Å²) in [6.45, 7) is 5.04. The predicted molar refractivity (Wildman–Crippen MR) is 52.5 cm³/mol. The van der Waals surface area contributed by atoms with E-state index in [1.54, 1.807) is 0 Å². The van der Waals surface area contributed by atoms with Crippen molar-refractivity contribution in [2.45, 2.75) is 45.2 Å². The molecule has 13 heavy (non-hydrogen) atoms. The van der Waals surface area contributed by atoms with Crippen LogP contribution in [0.1, 0.15) is 50.0 Å². The molecule has 1 saturated carbocycles. The summed E-state index contributed by atoms with van der Waals surface area (Å²) in [5, 5.41) is 4.55. The van der Waals surface area contributed by atoms with Gasteiger partial charge >= 0.3 is 0 Å². The molecule has 3 nitrogen and oxygen atoms in total. The van der Waals surface area contributed by atoms with Crippen LogP contribution in [0.5, 0.6) is 0 Å². The first kappa shape index (κ1) is 8.75. The monoisotopic (exact) mass is 179 g/mol. The van der Waals surface area contributed by atoms with Crippen LogP contribution in [-0.4, -0.2) is 9.78 Å². The fraction of sp³-hybridized carbons (Fsp3) is 0.700. The SMILES string of the molecule is CCn1nc(C2CC2)cc1[C@H](C)N. The average Bonchev–Trinajstić information content (AvgIpc) is 2.84. The van der Waals surface area contributed by atoms with Crippen molar-refractivity contribution in [3.63, 3.8) is 0 Å². The van der Waals surface area contributed by atoms with Gasteiger partial charge in [0.25, 0.3) is 0 Å². The number of hydrogen-bond donors (Lipinski definition) is 1. The smallest absolute Gasteiger partial charge is 0.0659 e. The number of nitrogens with zero attached hydrogens (tertiary/aromatic N) is 2. The van der Waals surface area contributed by atoms with Crippen LogP contribution in [0.15, 0.2) is 6.07 Å². The van der Waals surface area contributed by atoms with Crippen molar-refractivity contribution in [3.05, 3.63) is 17.5 Å². The van der Waals surface area contributed by atoms with Crippen LogP contribution in [0.4, 0.5) is 0 Å². The summed E-state index contributed by atoms with van der Waals surface area (Å²) in [6, 6.07) is 2.27. The lowest BCUT2D eigenvalue weighted by molar-refractivity contribution is 0.584. The minimum Gasteiger partial charge on any atom is -0.323 e. The largest absolute Gasteiger partial charge is 0.323 e. The highest BCUT2D eigenvalue weighted by molar-refractivity contribution is 5.20. The Labute approximate surface area is 78.9 Å². The van der Waals surface area contributed by atoms with Gasteiger partial charge in [0.1, 0.15) is 0 Å². The molecule has 1 aliphatic rings. The number of aryl methyl sites for hydroxylation is 1. The lowest BCUT2D eigenvalue weighted by atomic mass is 10.2. The zero-order chi connectivity index (χ0) is 9.42. The third-order valence-corrected chi connectivity index (χ3v) is 2.59. The average molecular weight is 179 g/mol. The molecule has 0 spiro atoms. The molecule has 1 fully saturated rings. The molecule has 1 aliphatic carbocycles. The lowest BCUT2D eigenvalue weighted by Gasteiger charge is -2.06. The maximum atomic E-state index is 5.86. The molecule has 0 saturated heterocycles. The first-order valence-corrected chi connectivity index (χ1v) is 5.05. The summed E-state index contributed by atoms with van der Waals surface area (Å²) >= 11 is 0. The highest BCUT2D eigenvalue weighted by Crippen LogP contribution is 2.39. The third kappa shape index (κ3) is 1.61. The Kier molecular flexibility index (Phi) is 2.12. The maximum Gasteiger partial charge on any atom is 0.0659 e. The van der Waals surface area contributed by atoms with Gasteiger partial charge in [-0.2, -0.15) is 5.10 Å². The van der Waals surface area contributed by atoms with Gasteiger partial charge in [-0.05, 0) is 32.8 Å². The molecule has 2 N–H and O–H groups in total. The van der Waals surface area contributed by atoms with Crippen molar-refractivity contribution in [1.29, 1.82) is 0 Å². The number of nitrogens with two attached hydrogens (primary N) is 1. The van der Waals surface area contributed by atoms with E-state index in [4.69, 9.17) is 5.73 Å². The second kappa shape index (κ2) is 3.14. The van der Waals surface area contributed by atoms with Gasteiger partial charge in [-0.15, -0.1) is 0 Å². The molecule has 1 aromatic heterocycles. The number of aromatic nitrogens is 2. The van der Waals surface area contributed by atoms with Crippen molar-refractivity contribution >= 4 is 0 Å². The van der Waals surface area contributed by atoms with E-state index in [9.17, 15) is 0 Å². The van der Waals surface area contributed by atoms with Crippen LogP contribution in [0.3, 0.4) is 0 Å². The van der Waals surface area contributed by atoms with Gasteiger partial charge in [0.05, 0.1) is 11.4 Å². The second-order valence-electron chi connectivity index (χ2n) is 3.87. The first-order valence-electron chi connectivity index (χ1n) is 5.05. The first-order chi connectivity index (χ1) is 6.22. The molecule has 1 aromatic rings. The summed E-state index contributed by atoms with van der Waals surface area (Å²) in [4.78, 5) is 0. The van der Waals surface area contributed by atoms with E-state index in [0.29, 0.717) is 0 Å². The molecule has 0 unspecified atom stereocenters. The molecule has 1 atom stereocenters. The molecule has 0 bridgehead atoms. The van der Waals surface area contributed by atoms with Gasteiger partial charge < -0.3 is 5.73 Å². The summed E-state index contributed by atoms with van der Waals surface area (Å²) in [7, 11) is 0. The predicted octanol–water partition coefficient (Wildman–Crippen LogP) is 1.80. The lowest BCUT2D eigenvalue weighted by Crippen LogP contribution is -2.12. The van der Waals surface area contributed by atoms with E-state index < -0.39 is 0 Å². The van der Waals surface area contributed by atoms with E-state index in [1.807, 2.05) is 11.6 Å². The van der Waals surface area contributed by atoms with E-state index in [0.717, 1.165) is 12.5 Å². The Balaban J connectivity index is 2.30. The molecule has 0 aliphatic heterocycles. The van der Waals surface area contributed by atoms with Crippen molar-refractivity contribution in [3.8, 4) is 0 Å². The van der Waals surface area contributed by atoms with Crippen molar-refractivity contribution in [2.75, 3.05) is 0 Å². The summed E-state index contributed by atoms with van der Waals surface area (Å²) < 4.78 is 2.03. The van der Waals surface area contributed by atoms with Gasteiger partial charge in [-0.3, -0.25) is 4.68 Å². The van der Waals surface area contributed by atoms with Crippen molar-refractivity contribution in [1.82, 2.24) is 9.78 Å². The summed E-state index contributed by atoms with van der Waals surface area (Å²) in [5.41, 5.74) is 8.28. The van der Waals surface area contributed by atoms with E-state index in [2.05, 4.69) is 18.1 Å². The molecular formula is C10H17N3. The van der Waals surface area contributed by atoms with E-state index >= 15 is 0 Å². The topological polar surface area (TPSA) is 43.8 Å². The van der Waals surface area contributed by atoms with Gasteiger partial charge in [-0.1, -0.05) is 0 Å². The zero-order valence-electron chi connectivity index (χ0n) is 8.33. The van der Waals surface area contributed by atoms with Crippen molar-refractivity contribution < 1.29 is 0 Å². The van der Waals surface area contributed by atoms with E-state index in [1.165, 1.54) is 24.2 Å². The van der Waals surface area contributed by atoms with Gasteiger partial charge in [0.15, 0.2) is 0 Å². The minimum absolute atomic E-state index is 0.0972. The van der Waals surface area contributed by atoms with Crippen molar-refractivity contribution in [2.24, 2.45) is 5.73 Å².